The van der Waals surface area contributed by atoms with Crippen LogP contribution in [0.15, 0.2) is 53.4 Å². The molecule has 3 heterocycles. The van der Waals surface area contributed by atoms with Crippen LogP contribution in [0.3, 0.4) is 0 Å². The summed E-state index contributed by atoms with van der Waals surface area (Å²) in [5, 5.41) is 15.7. The number of piperazine rings is 1. The lowest BCUT2D eigenvalue weighted by Gasteiger charge is -2.34. The third-order valence-corrected chi connectivity index (χ3v) is 6.25. The Bertz CT molecular complexity index is 1180. The second-order valence-electron chi connectivity index (χ2n) is 9.97. The summed E-state index contributed by atoms with van der Waals surface area (Å²) in [6, 6.07) is 10.3. The second kappa shape index (κ2) is 9.81. The molecule has 7 nitrogen and oxygen atoms in total. The minimum atomic E-state index is -0.0919. The Labute approximate surface area is 202 Å². The number of anilines is 2. The molecule has 0 amide bonds. The van der Waals surface area contributed by atoms with Gasteiger partial charge in [0.2, 0.25) is 0 Å². The fraction of sp³-hybridized carbons (Fsp3) is 0.370. The molecule has 0 aliphatic carbocycles. The average molecular weight is 459 g/mol. The van der Waals surface area contributed by atoms with Gasteiger partial charge in [0, 0.05) is 78.7 Å². The van der Waals surface area contributed by atoms with Crippen LogP contribution in [0.4, 0.5) is 11.4 Å². The number of aryl methyl sites for hydroxylation is 1. The molecule has 178 valence electrons. The maximum Gasteiger partial charge on any atom is 0.142 e. The molecule has 7 heteroatoms. The zero-order valence-corrected chi connectivity index (χ0v) is 20.7. The van der Waals surface area contributed by atoms with Crippen molar-refractivity contribution >= 4 is 23.2 Å². The molecule has 34 heavy (non-hydrogen) atoms. The highest BCUT2D eigenvalue weighted by Gasteiger charge is 2.20. The maximum absolute atomic E-state index is 7.99. The van der Waals surface area contributed by atoms with Crippen LogP contribution in [0.25, 0.3) is 16.8 Å². The van der Waals surface area contributed by atoms with E-state index in [1.807, 2.05) is 24.7 Å². The summed E-state index contributed by atoms with van der Waals surface area (Å²) in [6.07, 6.45) is 6.95. The number of nitrogens with zero attached hydrogens (tertiary/aromatic N) is 4. The second-order valence-corrected chi connectivity index (χ2v) is 9.97. The van der Waals surface area contributed by atoms with Crippen LogP contribution in [0.2, 0.25) is 0 Å². The smallest absolute Gasteiger partial charge is 0.142 e. The molecule has 1 saturated heterocycles. The van der Waals surface area contributed by atoms with Gasteiger partial charge in [-0.15, -0.1) is 0 Å². The van der Waals surface area contributed by atoms with Crippen LogP contribution in [-0.2, 0) is 5.41 Å². The molecule has 2 aromatic heterocycles. The van der Waals surface area contributed by atoms with Crippen molar-refractivity contribution in [2.75, 3.05) is 43.4 Å². The Morgan fingerprint density at radius 1 is 1.09 bits per heavy atom. The zero-order valence-electron chi connectivity index (χ0n) is 20.7. The number of aromatic nitrogens is 2. The van der Waals surface area contributed by atoms with Crippen molar-refractivity contribution in [2.45, 2.75) is 33.1 Å². The molecule has 0 bridgehead atoms. The van der Waals surface area contributed by atoms with Crippen molar-refractivity contribution in [1.82, 2.24) is 15.0 Å². The number of pyridine rings is 1. The summed E-state index contributed by atoms with van der Waals surface area (Å²) in [4.78, 5) is 9.13. The SMILES string of the molecule is Cc1ccc(-c2cc(C(C)(C)C)on2)cc1N/C=C(\C=N)c1cncc(N2CCN(C)CC2)c1. The Kier molecular flexibility index (Phi) is 6.84. The number of nitrogens with one attached hydrogen (secondary N) is 2. The first kappa shape index (κ1) is 23.7. The van der Waals surface area contributed by atoms with Gasteiger partial charge in [0.05, 0.1) is 11.9 Å². The Hall–Kier alpha value is -3.45. The Morgan fingerprint density at radius 2 is 1.85 bits per heavy atom. The third-order valence-electron chi connectivity index (χ3n) is 6.25. The highest BCUT2D eigenvalue weighted by Crippen LogP contribution is 2.30. The van der Waals surface area contributed by atoms with Crippen LogP contribution in [-0.4, -0.2) is 54.5 Å². The average Bonchev–Trinajstić information content (AvgIpc) is 3.32. The number of benzene rings is 1. The minimum absolute atomic E-state index is 0.0919. The summed E-state index contributed by atoms with van der Waals surface area (Å²) in [7, 11) is 2.15. The predicted molar refractivity (Wildman–Crippen MR) is 140 cm³/mol. The van der Waals surface area contributed by atoms with E-state index in [-0.39, 0.29) is 5.41 Å². The summed E-state index contributed by atoms with van der Waals surface area (Å²) in [5.74, 6) is 0.858. The van der Waals surface area contributed by atoms with Gasteiger partial charge in [-0.3, -0.25) is 4.98 Å². The number of allylic oxidation sites excluding steroid dienone is 1. The highest BCUT2D eigenvalue weighted by atomic mass is 16.5. The summed E-state index contributed by atoms with van der Waals surface area (Å²) >= 11 is 0. The number of rotatable bonds is 6. The minimum Gasteiger partial charge on any atom is -0.368 e. The van der Waals surface area contributed by atoms with Crippen LogP contribution in [0, 0.1) is 12.3 Å². The van der Waals surface area contributed by atoms with E-state index in [4.69, 9.17) is 9.93 Å². The van der Waals surface area contributed by atoms with Crippen molar-refractivity contribution in [3.8, 4) is 11.3 Å². The van der Waals surface area contributed by atoms with E-state index >= 15 is 0 Å². The van der Waals surface area contributed by atoms with Gasteiger partial charge in [-0.1, -0.05) is 38.1 Å². The van der Waals surface area contributed by atoms with E-state index in [1.165, 1.54) is 6.21 Å². The number of hydrogen-bond acceptors (Lipinski definition) is 7. The summed E-state index contributed by atoms with van der Waals surface area (Å²) in [6.45, 7) is 12.4. The maximum atomic E-state index is 7.99. The predicted octanol–water partition coefficient (Wildman–Crippen LogP) is 5.20. The lowest BCUT2D eigenvalue weighted by atomic mass is 9.93. The molecule has 0 radical (unpaired) electrons. The molecular formula is C27H34N6O. The molecule has 0 spiro atoms. The van der Waals surface area contributed by atoms with Gasteiger partial charge >= 0.3 is 0 Å². The van der Waals surface area contributed by atoms with E-state index in [0.717, 1.165) is 71.3 Å². The molecule has 0 unspecified atom stereocenters. The molecule has 4 rings (SSSR count). The fourth-order valence-corrected chi connectivity index (χ4v) is 3.89. The van der Waals surface area contributed by atoms with E-state index in [9.17, 15) is 0 Å². The molecule has 0 saturated carbocycles. The van der Waals surface area contributed by atoms with Gasteiger partial charge in [-0.25, -0.2) is 0 Å². The van der Waals surface area contributed by atoms with E-state index in [0.29, 0.717) is 0 Å². The van der Waals surface area contributed by atoms with Gasteiger partial charge < -0.3 is 25.0 Å². The van der Waals surface area contributed by atoms with Crippen LogP contribution >= 0.6 is 0 Å². The van der Waals surface area contributed by atoms with Gasteiger partial charge in [-0.2, -0.15) is 0 Å². The first-order valence-electron chi connectivity index (χ1n) is 11.7. The van der Waals surface area contributed by atoms with Crippen molar-refractivity contribution in [1.29, 1.82) is 5.41 Å². The molecule has 1 fully saturated rings. The first-order chi connectivity index (χ1) is 16.2. The van der Waals surface area contributed by atoms with Crippen LogP contribution < -0.4 is 10.2 Å². The monoisotopic (exact) mass is 458 g/mol. The quantitative estimate of drug-likeness (QED) is 0.494. The fourth-order valence-electron chi connectivity index (χ4n) is 3.89. The Balaban J connectivity index is 1.55. The molecule has 0 atom stereocenters. The lowest BCUT2D eigenvalue weighted by Crippen LogP contribution is -2.44. The van der Waals surface area contributed by atoms with Gasteiger partial charge in [0.1, 0.15) is 11.5 Å². The highest BCUT2D eigenvalue weighted by molar-refractivity contribution is 6.08. The molecular weight excluding hydrogens is 424 g/mol. The first-order valence-corrected chi connectivity index (χ1v) is 11.7. The molecule has 3 aromatic rings. The summed E-state index contributed by atoms with van der Waals surface area (Å²) in [5.41, 5.74) is 6.55. The van der Waals surface area contributed by atoms with Gasteiger partial charge in [0.25, 0.3) is 0 Å². The lowest BCUT2D eigenvalue weighted by molar-refractivity contribution is 0.313. The van der Waals surface area contributed by atoms with Crippen LogP contribution in [0.1, 0.15) is 37.7 Å². The molecule has 1 aliphatic heterocycles. The Morgan fingerprint density at radius 3 is 2.53 bits per heavy atom. The third kappa shape index (κ3) is 5.37. The van der Waals surface area contributed by atoms with Gasteiger partial charge in [-0.05, 0) is 31.7 Å². The summed E-state index contributed by atoms with van der Waals surface area (Å²) < 4.78 is 5.57. The number of likely N-dealkylation sites (N-methyl/N-ethyl adjacent to an activating group) is 1. The van der Waals surface area contributed by atoms with E-state index in [2.05, 4.69) is 84.3 Å². The topological polar surface area (TPSA) is 81.3 Å². The number of hydrogen-bond donors (Lipinski definition) is 2. The largest absolute Gasteiger partial charge is 0.368 e. The molecule has 1 aliphatic rings. The van der Waals surface area contributed by atoms with Crippen LogP contribution in [0.5, 0.6) is 0 Å². The normalized spacial score (nSPS) is 15.4. The van der Waals surface area contributed by atoms with Crippen molar-refractivity contribution in [3.63, 3.8) is 0 Å². The standard InChI is InChI=1S/C27H34N6O/c1-19-6-7-20(25-14-26(34-31-25)27(2,3)4)13-24(19)30-17-22(15-28)21-12-23(18-29-16-21)33-10-8-32(5)9-11-33/h6-7,12-18,28,30H,8-11H2,1-5H3/b22-17+,28-15?. The molecule has 1 aromatic carbocycles. The zero-order chi connectivity index (χ0) is 24.3. The van der Waals surface area contributed by atoms with Crippen molar-refractivity contribution < 1.29 is 4.52 Å². The van der Waals surface area contributed by atoms with E-state index in [1.54, 1.807) is 0 Å². The van der Waals surface area contributed by atoms with Crippen molar-refractivity contribution in [3.05, 3.63) is 65.8 Å². The molecule has 2 N–H and O–H groups in total. The van der Waals surface area contributed by atoms with Crippen molar-refractivity contribution in [2.24, 2.45) is 0 Å². The van der Waals surface area contributed by atoms with E-state index < -0.39 is 0 Å². The van der Waals surface area contributed by atoms with Gasteiger partial charge in [0.15, 0.2) is 0 Å².